The van der Waals surface area contributed by atoms with E-state index in [0.717, 1.165) is 31.8 Å². The number of benzene rings is 3. The van der Waals surface area contributed by atoms with Crippen molar-refractivity contribution in [1.82, 2.24) is 0 Å². The maximum absolute atomic E-state index is 12.7. The number of hydrogen-bond donors (Lipinski definition) is 1. The van der Waals surface area contributed by atoms with Gasteiger partial charge in [0.1, 0.15) is 5.75 Å². The molecule has 0 spiro atoms. The Labute approximate surface area is 121 Å². The lowest BCUT2D eigenvalue weighted by Gasteiger charge is -2.09. The molecule has 0 atom stereocenters. The quantitative estimate of drug-likeness (QED) is 0.230. The number of para-hydroxylation sites is 1. The van der Waals surface area contributed by atoms with Gasteiger partial charge in [0.15, 0.2) is 0 Å². The summed E-state index contributed by atoms with van der Waals surface area (Å²) in [4.78, 5) is 0. The molecule has 1 heterocycles. The van der Waals surface area contributed by atoms with Gasteiger partial charge in [0.25, 0.3) is 0 Å². The molecule has 3 nitrogen and oxygen atoms in total. The van der Waals surface area contributed by atoms with Crippen molar-refractivity contribution in [1.29, 1.82) is 0 Å². The Kier molecular flexibility index (Phi) is 2.33. The van der Waals surface area contributed by atoms with E-state index in [1.807, 2.05) is 55.5 Å². The number of aryl methyl sites for hydroxylation is 1. The SMILES string of the molecule is Cc1cc2ccc3cc4ccccc4[n+]([O-])c3c2cc1O. The van der Waals surface area contributed by atoms with Gasteiger partial charge in [0.05, 0.1) is 5.39 Å². The Bertz CT molecular complexity index is 1020. The normalized spacial score (nSPS) is 11.5. The highest BCUT2D eigenvalue weighted by Crippen LogP contribution is 2.30. The number of aromatic hydroxyl groups is 1. The van der Waals surface area contributed by atoms with E-state index in [4.69, 9.17) is 0 Å². The predicted molar refractivity (Wildman–Crippen MR) is 84.3 cm³/mol. The zero-order valence-corrected chi connectivity index (χ0v) is 11.5. The van der Waals surface area contributed by atoms with Crippen LogP contribution in [0.5, 0.6) is 5.75 Å². The van der Waals surface area contributed by atoms with E-state index in [9.17, 15) is 10.3 Å². The Balaban J connectivity index is 2.29. The highest BCUT2D eigenvalue weighted by molar-refractivity contribution is 6.06. The summed E-state index contributed by atoms with van der Waals surface area (Å²) < 4.78 is 0.960. The van der Waals surface area contributed by atoms with E-state index >= 15 is 0 Å². The van der Waals surface area contributed by atoms with Gasteiger partial charge in [-0.2, -0.15) is 4.73 Å². The Hall–Kier alpha value is -2.81. The zero-order chi connectivity index (χ0) is 14.6. The molecule has 4 rings (SSSR count). The first-order valence-corrected chi connectivity index (χ1v) is 6.82. The minimum atomic E-state index is 0.211. The third-order valence-corrected chi connectivity index (χ3v) is 4.01. The van der Waals surface area contributed by atoms with Crippen molar-refractivity contribution in [2.24, 2.45) is 0 Å². The molecule has 0 aliphatic rings. The molecular weight excluding hydrogens is 262 g/mol. The molecule has 102 valence electrons. The third kappa shape index (κ3) is 1.64. The van der Waals surface area contributed by atoms with E-state index in [0.29, 0.717) is 11.0 Å². The highest BCUT2D eigenvalue weighted by atomic mass is 16.5. The second-order valence-electron chi connectivity index (χ2n) is 5.36. The van der Waals surface area contributed by atoms with E-state index in [1.165, 1.54) is 0 Å². The number of rotatable bonds is 0. The van der Waals surface area contributed by atoms with Crippen LogP contribution in [-0.4, -0.2) is 5.11 Å². The van der Waals surface area contributed by atoms with Gasteiger partial charge >= 0.3 is 0 Å². The van der Waals surface area contributed by atoms with Crippen molar-refractivity contribution in [3.63, 3.8) is 0 Å². The molecule has 0 aliphatic carbocycles. The summed E-state index contributed by atoms with van der Waals surface area (Å²) in [5, 5.41) is 26.2. The molecule has 0 fully saturated rings. The smallest absolute Gasteiger partial charge is 0.232 e. The number of fused-ring (bicyclic) bond motifs is 4. The van der Waals surface area contributed by atoms with Crippen LogP contribution < -0.4 is 4.73 Å². The number of hydrogen-bond acceptors (Lipinski definition) is 2. The lowest BCUT2D eigenvalue weighted by molar-refractivity contribution is -0.546. The largest absolute Gasteiger partial charge is 0.618 e. The predicted octanol–water partition coefficient (Wildman–Crippen LogP) is 3.79. The molecule has 0 saturated heterocycles. The molecule has 0 aliphatic heterocycles. The van der Waals surface area contributed by atoms with Crippen molar-refractivity contribution in [2.45, 2.75) is 6.92 Å². The van der Waals surface area contributed by atoms with Crippen molar-refractivity contribution < 1.29 is 9.84 Å². The molecule has 0 saturated carbocycles. The fraction of sp³-hybridized carbons (Fsp3) is 0.0556. The Morgan fingerprint density at radius 2 is 1.67 bits per heavy atom. The molecular formula is C18H13NO2. The van der Waals surface area contributed by atoms with Crippen molar-refractivity contribution in [3.05, 3.63) is 65.4 Å². The van der Waals surface area contributed by atoms with Crippen molar-refractivity contribution in [2.75, 3.05) is 0 Å². The van der Waals surface area contributed by atoms with E-state index in [2.05, 4.69) is 0 Å². The van der Waals surface area contributed by atoms with Crippen molar-refractivity contribution >= 4 is 32.6 Å². The first-order valence-electron chi connectivity index (χ1n) is 6.82. The fourth-order valence-electron chi connectivity index (χ4n) is 2.90. The Morgan fingerprint density at radius 1 is 0.905 bits per heavy atom. The topological polar surface area (TPSA) is 47.2 Å². The van der Waals surface area contributed by atoms with E-state index < -0.39 is 0 Å². The van der Waals surface area contributed by atoms with Crippen molar-refractivity contribution in [3.8, 4) is 5.75 Å². The van der Waals surface area contributed by atoms with Gasteiger partial charge in [-0.1, -0.05) is 18.2 Å². The average Bonchev–Trinajstić information content (AvgIpc) is 2.48. The monoisotopic (exact) mass is 275 g/mol. The van der Waals surface area contributed by atoms with Crippen LogP contribution in [-0.2, 0) is 0 Å². The highest BCUT2D eigenvalue weighted by Gasteiger charge is 2.14. The van der Waals surface area contributed by atoms with Crippen LogP contribution in [0.15, 0.2) is 54.6 Å². The van der Waals surface area contributed by atoms with Crippen LogP contribution in [0.25, 0.3) is 32.6 Å². The van der Waals surface area contributed by atoms with Crippen LogP contribution in [0, 0.1) is 12.1 Å². The Morgan fingerprint density at radius 3 is 2.52 bits per heavy atom. The lowest BCUT2D eigenvalue weighted by Crippen LogP contribution is -2.28. The summed E-state index contributed by atoms with van der Waals surface area (Å²) in [7, 11) is 0. The number of phenolic OH excluding ortho intramolecular Hbond substituents is 1. The van der Waals surface area contributed by atoms with Gasteiger partial charge in [-0.05, 0) is 48.2 Å². The number of pyridine rings is 1. The second-order valence-corrected chi connectivity index (χ2v) is 5.36. The van der Waals surface area contributed by atoms with Crippen LogP contribution in [0.2, 0.25) is 0 Å². The number of phenols is 1. The lowest BCUT2D eigenvalue weighted by atomic mass is 10.0. The first-order chi connectivity index (χ1) is 10.1. The third-order valence-electron chi connectivity index (χ3n) is 4.01. The van der Waals surface area contributed by atoms with Crippen LogP contribution >= 0.6 is 0 Å². The molecule has 0 radical (unpaired) electrons. The van der Waals surface area contributed by atoms with Gasteiger partial charge in [0.2, 0.25) is 11.0 Å². The van der Waals surface area contributed by atoms with Gasteiger partial charge < -0.3 is 10.3 Å². The molecule has 1 N–H and O–H groups in total. The maximum Gasteiger partial charge on any atom is 0.232 e. The van der Waals surface area contributed by atoms with Gasteiger partial charge in [-0.3, -0.25) is 0 Å². The van der Waals surface area contributed by atoms with Gasteiger partial charge in [-0.15, -0.1) is 0 Å². The summed E-state index contributed by atoms with van der Waals surface area (Å²) in [6.45, 7) is 1.85. The molecule has 0 amide bonds. The second kappa shape index (κ2) is 4.09. The minimum Gasteiger partial charge on any atom is -0.618 e. The average molecular weight is 275 g/mol. The fourth-order valence-corrected chi connectivity index (χ4v) is 2.90. The van der Waals surface area contributed by atoms with E-state index in [1.54, 1.807) is 6.07 Å². The molecule has 3 aromatic carbocycles. The summed E-state index contributed by atoms with van der Waals surface area (Å²) in [5.41, 5.74) is 2.04. The zero-order valence-electron chi connectivity index (χ0n) is 11.5. The summed E-state index contributed by atoms with van der Waals surface area (Å²) in [6, 6.07) is 17.0. The van der Waals surface area contributed by atoms with Gasteiger partial charge in [0, 0.05) is 16.8 Å². The van der Waals surface area contributed by atoms with Crippen LogP contribution in [0.4, 0.5) is 0 Å². The minimum absolute atomic E-state index is 0.211. The van der Waals surface area contributed by atoms with E-state index in [-0.39, 0.29) is 5.75 Å². The van der Waals surface area contributed by atoms with Crippen LogP contribution in [0.3, 0.4) is 0 Å². The van der Waals surface area contributed by atoms with Gasteiger partial charge in [-0.25, -0.2) is 0 Å². The maximum atomic E-state index is 12.7. The molecule has 4 aromatic rings. The number of nitrogens with zero attached hydrogens (tertiary/aromatic N) is 1. The number of aromatic nitrogens is 1. The molecule has 1 aromatic heterocycles. The molecule has 3 heteroatoms. The summed E-state index contributed by atoms with van der Waals surface area (Å²) in [5.74, 6) is 0.211. The summed E-state index contributed by atoms with van der Waals surface area (Å²) >= 11 is 0. The standard InChI is InChI=1S/C18H13NO2/c1-11-8-12-6-7-14-9-13-4-2-3-5-16(13)19(21)18(14)15(12)10-17(11)20/h2-10,20H,1H3. The van der Waals surface area contributed by atoms with Crippen LogP contribution in [0.1, 0.15) is 5.56 Å². The molecule has 0 bridgehead atoms. The molecule has 21 heavy (non-hydrogen) atoms. The first kappa shape index (κ1) is 12.0. The molecule has 0 unspecified atom stereocenters. The summed E-state index contributed by atoms with van der Waals surface area (Å²) in [6.07, 6.45) is 0.